The van der Waals surface area contributed by atoms with E-state index in [1.165, 1.54) is 11.3 Å². The van der Waals surface area contributed by atoms with Crippen molar-refractivity contribution in [3.8, 4) is 17.0 Å². The Labute approximate surface area is 168 Å². The maximum absolute atomic E-state index is 12.5. The highest BCUT2D eigenvalue weighted by Gasteiger charge is 2.19. The van der Waals surface area contributed by atoms with Crippen molar-refractivity contribution >= 4 is 33.3 Å². The van der Waals surface area contributed by atoms with Gasteiger partial charge in [0.1, 0.15) is 5.52 Å². The Morgan fingerprint density at radius 1 is 1.17 bits per heavy atom. The van der Waals surface area contributed by atoms with Gasteiger partial charge in [-0.25, -0.2) is 9.67 Å². The predicted molar refractivity (Wildman–Crippen MR) is 109 cm³/mol. The molecule has 0 aliphatic carbocycles. The molecule has 5 rings (SSSR count). The van der Waals surface area contributed by atoms with E-state index in [0.29, 0.717) is 16.6 Å². The van der Waals surface area contributed by atoms with Gasteiger partial charge in [-0.2, -0.15) is 0 Å². The zero-order valence-electron chi connectivity index (χ0n) is 15.2. The minimum Gasteiger partial charge on any atom is -0.355 e. The molecule has 5 aromatic rings. The molecule has 29 heavy (non-hydrogen) atoms. The van der Waals surface area contributed by atoms with Gasteiger partial charge in [0.25, 0.3) is 5.91 Å². The van der Waals surface area contributed by atoms with E-state index in [9.17, 15) is 4.79 Å². The van der Waals surface area contributed by atoms with Crippen LogP contribution in [0.2, 0.25) is 0 Å². The van der Waals surface area contributed by atoms with E-state index < -0.39 is 0 Å². The van der Waals surface area contributed by atoms with Crippen molar-refractivity contribution in [1.82, 2.24) is 25.1 Å². The van der Waals surface area contributed by atoms with Crippen molar-refractivity contribution in [3.63, 3.8) is 0 Å². The van der Waals surface area contributed by atoms with Gasteiger partial charge in [0, 0.05) is 17.1 Å². The second kappa shape index (κ2) is 6.95. The van der Waals surface area contributed by atoms with Gasteiger partial charge in [0.05, 0.1) is 16.8 Å². The summed E-state index contributed by atoms with van der Waals surface area (Å²) in [6.45, 7) is 1.80. The van der Waals surface area contributed by atoms with Crippen molar-refractivity contribution in [1.29, 1.82) is 0 Å². The Hall–Kier alpha value is -3.85. The standard InChI is InChI=1S/C20H14N6O2S/c1-12-17(19(27)22-20-21-9-10-29-20)23-25-26(12)14-7-8-16-15(11-14)18(28-24-16)13-5-3-2-4-6-13/h2-11H,1H3,(H,21,22,27). The van der Waals surface area contributed by atoms with E-state index in [4.69, 9.17) is 4.52 Å². The average molecular weight is 402 g/mol. The Kier molecular flexibility index (Phi) is 4.14. The third-order valence-electron chi connectivity index (χ3n) is 4.50. The van der Waals surface area contributed by atoms with E-state index in [0.717, 1.165) is 22.2 Å². The third kappa shape index (κ3) is 3.07. The SMILES string of the molecule is Cc1c(C(=O)Nc2nccs2)nnn1-c1ccc2noc(-c3ccccc3)c2c1. The van der Waals surface area contributed by atoms with Gasteiger partial charge in [0.15, 0.2) is 16.6 Å². The second-order valence-corrected chi connectivity index (χ2v) is 7.20. The number of rotatable bonds is 4. The normalized spacial score (nSPS) is 11.1. The van der Waals surface area contributed by atoms with Crippen LogP contribution in [0.15, 0.2) is 64.6 Å². The molecule has 9 heteroatoms. The molecular weight excluding hydrogens is 388 g/mol. The number of carbonyl (C=O) groups excluding carboxylic acids is 1. The zero-order chi connectivity index (χ0) is 19.8. The maximum atomic E-state index is 12.5. The second-order valence-electron chi connectivity index (χ2n) is 6.31. The van der Waals surface area contributed by atoms with Crippen LogP contribution in [0.5, 0.6) is 0 Å². The molecule has 1 N–H and O–H groups in total. The summed E-state index contributed by atoms with van der Waals surface area (Å²) in [5, 5.41) is 18.3. The van der Waals surface area contributed by atoms with Crippen LogP contribution in [0.25, 0.3) is 27.9 Å². The summed E-state index contributed by atoms with van der Waals surface area (Å²) < 4.78 is 7.18. The molecule has 0 bridgehead atoms. The first-order valence-corrected chi connectivity index (χ1v) is 9.67. The summed E-state index contributed by atoms with van der Waals surface area (Å²) >= 11 is 1.34. The minimum atomic E-state index is -0.347. The van der Waals surface area contributed by atoms with E-state index in [2.05, 4.69) is 25.8 Å². The van der Waals surface area contributed by atoms with Crippen molar-refractivity contribution in [2.24, 2.45) is 0 Å². The lowest BCUT2D eigenvalue weighted by Crippen LogP contribution is -2.14. The Bertz CT molecular complexity index is 1310. The van der Waals surface area contributed by atoms with Gasteiger partial charge < -0.3 is 4.52 Å². The van der Waals surface area contributed by atoms with Crippen LogP contribution in [0, 0.1) is 6.92 Å². The fraction of sp³-hybridized carbons (Fsp3) is 0.0500. The molecule has 1 amide bonds. The molecule has 0 aliphatic rings. The number of anilines is 1. The quantitative estimate of drug-likeness (QED) is 0.486. The van der Waals surface area contributed by atoms with Crippen LogP contribution in [0.3, 0.4) is 0 Å². The maximum Gasteiger partial charge on any atom is 0.279 e. The summed E-state index contributed by atoms with van der Waals surface area (Å²) in [7, 11) is 0. The van der Waals surface area contributed by atoms with Gasteiger partial charge in [0.2, 0.25) is 0 Å². The number of hydrogen-bond donors (Lipinski definition) is 1. The summed E-state index contributed by atoms with van der Waals surface area (Å²) in [5.74, 6) is 0.335. The molecule has 142 valence electrons. The molecular formula is C20H14N6O2S. The number of nitrogens with one attached hydrogen (secondary N) is 1. The van der Waals surface area contributed by atoms with Crippen molar-refractivity contribution in [2.45, 2.75) is 6.92 Å². The van der Waals surface area contributed by atoms with Crippen LogP contribution < -0.4 is 5.32 Å². The minimum absolute atomic E-state index is 0.244. The molecule has 0 atom stereocenters. The number of nitrogens with zero attached hydrogens (tertiary/aromatic N) is 5. The first kappa shape index (κ1) is 17.3. The molecule has 0 saturated heterocycles. The van der Waals surface area contributed by atoms with Gasteiger partial charge >= 0.3 is 0 Å². The Morgan fingerprint density at radius 2 is 2.03 bits per heavy atom. The number of thiazole rings is 1. The first-order chi connectivity index (χ1) is 14.2. The van der Waals surface area contributed by atoms with Crippen molar-refractivity contribution < 1.29 is 9.32 Å². The molecule has 0 fully saturated rings. The highest BCUT2D eigenvalue weighted by Crippen LogP contribution is 2.30. The third-order valence-corrected chi connectivity index (χ3v) is 5.19. The molecule has 0 saturated carbocycles. The summed E-state index contributed by atoms with van der Waals surface area (Å²) in [5.41, 5.74) is 3.30. The van der Waals surface area contributed by atoms with Gasteiger partial charge in [-0.15, -0.1) is 16.4 Å². The van der Waals surface area contributed by atoms with Gasteiger partial charge in [-0.05, 0) is 25.1 Å². The summed E-state index contributed by atoms with van der Waals surface area (Å²) in [6.07, 6.45) is 1.63. The largest absolute Gasteiger partial charge is 0.355 e. The predicted octanol–water partition coefficient (Wildman–Crippen LogP) is 4.09. The van der Waals surface area contributed by atoms with E-state index >= 15 is 0 Å². The monoisotopic (exact) mass is 402 g/mol. The molecule has 0 radical (unpaired) electrons. The first-order valence-electron chi connectivity index (χ1n) is 8.79. The lowest BCUT2D eigenvalue weighted by Gasteiger charge is -2.04. The number of hydrogen-bond acceptors (Lipinski definition) is 7. The topological polar surface area (TPSA) is 98.7 Å². The van der Waals surface area contributed by atoms with Crippen molar-refractivity contribution in [2.75, 3.05) is 5.32 Å². The molecule has 3 aromatic heterocycles. The van der Waals surface area contributed by atoms with Crippen LogP contribution >= 0.6 is 11.3 Å². The molecule has 0 spiro atoms. The fourth-order valence-corrected chi connectivity index (χ4v) is 3.61. The highest BCUT2D eigenvalue weighted by molar-refractivity contribution is 7.13. The zero-order valence-corrected chi connectivity index (χ0v) is 16.1. The van der Waals surface area contributed by atoms with Crippen molar-refractivity contribution in [3.05, 3.63) is 71.5 Å². The summed E-state index contributed by atoms with van der Waals surface area (Å²) in [4.78, 5) is 16.6. The molecule has 0 unspecified atom stereocenters. The van der Waals surface area contributed by atoms with Crippen LogP contribution in [0.1, 0.15) is 16.2 Å². The lowest BCUT2D eigenvalue weighted by atomic mass is 10.1. The molecule has 0 aliphatic heterocycles. The number of fused-ring (bicyclic) bond motifs is 1. The number of aromatic nitrogens is 5. The van der Waals surface area contributed by atoms with Crippen LogP contribution in [-0.4, -0.2) is 31.0 Å². The lowest BCUT2D eigenvalue weighted by molar-refractivity contribution is 0.102. The van der Waals surface area contributed by atoms with Crippen LogP contribution in [-0.2, 0) is 0 Å². The van der Waals surface area contributed by atoms with Crippen LogP contribution in [0.4, 0.5) is 5.13 Å². The highest BCUT2D eigenvalue weighted by atomic mass is 32.1. The van der Waals surface area contributed by atoms with Gasteiger partial charge in [-0.3, -0.25) is 10.1 Å². The number of benzene rings is 2. The van der Waals surface area contributed by atoms with E-state index in [1.807, 2.05) is 48.5 Å². The molecule has 3 heterocycles. The van der Waals surface area contributed by atoms with Gasteiger partial charge in [-0.1, -0.05) is 40.7 Å². The fourth-order valence-electron chi connectivity index (χ4n) is 3.08. The number of carbonyl (C=O) groups is 1. The smallest absolute Gasteiger partial charge is 0.279 e. The Balaban J connectivity index is 1.53. The van der Waals surface area contributed by atoms with E-state index in [1.54, 1.807) is 23.2 Å². The summed E-state index contributed by atoms with van der Waals surface area (Å²) in [6, 6.07) is 15.4. The van der Waals surface area contributed by atoms with E-state index in [-0.39, 0.29) is 11.6 Å². The average Bonchev–Trinajstić information content (AvgIpc) is 3.48. The Morgan fingerprint density at radius 3 is 2.83 bits per heavy atom. The molecule has 8 nitrogen and oxygen atoms in total. The molecule has 2 aromatic carbocycles. The number of amides is 1.